The molecule has 8 heteroatoms. The lowest BCUT2D eigenvalue weighted by molar-refractivity contribution is 0.0127. The number of nitrogens with zero attached hydrogens (tertiary/aromatic N) is 3. The third-order valence-corrected chi connectivity index (χ3v) is 6.13. The van der Waals surface area contributed by atoms with Crippen LogP contribution in [0.25, 0.3) is 21.2 Å². The number of hydrogen-bond donors (Lipinski definition) is 1. The monoisotopic (exact) mass is 442 g/mol. The summed E-state index contributed by atoms with van der Waals surface area (Å²) in [6.07, 6.45) is 6.80. The zero-order valence-electron chi connectivity index (χ0n) is 16.9. The van der Waals surface area contributed by atoms with E-state index < -0.39 is 11.9 Å². The molecule has 3 heterocycles. The Balaban J connectivity index is 1.37. The van der Waals surface area contributed by atoms with Crippen LogP contribution in [0.1, 0.15) is 29.6 Å². The molecule has 31 heavy (non-hydrogen) atoms. The van der Waals surface area contributed by atoms with Crippen molar-refractivity contribution in [3.05, 3.63) is 77.2 Å². The van der Waals surface area contributed by atoms with E-state index in [0.29, 0.717) is 12.8 Å². The highest BCUT2D eigenvalue weighted by molar-refractivity contribution is 7.15. The third-order valence-electron chi connectivity index (χ3n) is 5.03. The third kappa shape index (κ3) is 5.26. The summed E-state index contributed by atoms with van der Waals surface area (Å²) in [6, 6.07) is 10.1. The average Bonchev–Trinajstić information content (AvgIpc) is 3.20. The first-order valence-corrected chi connectivity index (χ1v) is 10.7. The minimum absolute atomic E-state index is 0.127. The van der Waals surface area contributed by atoms with Gasteiger partial charge in [-0.2, -0.15) is 13.2 Å². The molecule has 0 radical (unpaired) electrons. The van der Waals surface area contributed by atoms with Crippen molar-refractivity contribution in [1.82, 2.24) is 15.0 Å². The fourth-order valence-electron chi connectivity index (χ4n) is 3.35. The van der Waals surface area contributed by atoms with E-state index in [1.807, 2.05) is 24.4 Å². The predicted molar refractivity (Wildman–Crippen MR) is 117 cm³/mol. The number of aromatic nitrogens is 3. The minimum atomic E-state index is -2.95. The molecule has 1 aromatic carbocycles. The standard InChI is InChI=1S/C23H21F3N4S/c1-23(25,26)20-6-2-14(11-28-20)8-18(27)5-7-22-30-13-19(31-22)15-3-4-16-12-29-21(24)10-17(16)9-15/h2-4,6,9-13,18H,5,7-8,27H2,1H3/t18-/m1/s1. The van der Waals surface area contributed by atoms with Crippen molar-refractivity contribution in [3.63, 3.8) is 0 Å². The number of benzene rings is 1. The Hall–Kier alpha value is -2.84. The molecule has 4 rings (SSSR count). The first-order chi connectivity index (χ1) is 14.8. The smallest absolute Gasteiger partial charge is 0.286 e. The first-order valence-electron chi connectivity index (χ1n) is 9.87. The molecular formula is C23H21F3N4S. The average molecular weight is 443 g/mol. The molecule has 0 unspecified atom stereocenters. The Bertz CT molecular complexity index is 1190. The minimum Gasteiger partial charge on any atom is -0.327 e. The van der Waals surface area contributed by atoms with E-state index in [2.05, 4.69) is 15.0 Å². The van der Waals surface area contributed by atoms with Gasteiger partial charge in [-0.3, -0.25) is 4.98 Å². The van der Waals surface area contributed by atoms with Gasteiger partial charge in [0.05, 0.1) is 9.88 Å². The van der Waals surface area contributed by atoms with Gasteiger partial charge >= 0.3 is 0 Å². The van der Waals surface area contributed by atoms with E-state index >= 15 is 0 Å². The summed E-state index contributed by atoms with van der Waals surface area (Å²) in [6.45, 7) is 0.830. The molecule has 0 fully saturated rings. The van der Waals surface area contributed by atoms with E-state index in [-0.39, 0.29) is 11.7 Å². The molecule has 4 nitrogen and oxygen atoms in total. The van der Waals surface area contributed by atoms with Crippen LogP contribution in [-0.2, 0) is 18.8 Å². The fraction of sp³-hybridized carbons (Fsp3) is 0.261. The van der Waals surface area contributed by atoms with Gasteiger partial charge in [-0.1, -0.05) is 18.2 Å². The van der Waals surface area contributed by atoms with E-state index in [9.17, 15) is 13.2 Å². The van der Waals surface area contributed by atoms with Crippen LogP contribution in [0.15, 0.2) is 55.0 Å². The highest BCUT2D eigenvalue weighted by Gasteiger charge is 2.25. The van der Waals surface area contributed by atoms with E-state index in [1.165, 1.54) is 24.5 Å². The van der Waals surface area contributed by atoms with E-state index in [1.54, 1.807) is 17.4 Å². The lowest BCUT2D eigenvalue weighted by Gasteiger charge is -2.12. The summed E-state index contributed by atoms with van der Waals surface area (Å²) >= 11 is 1.58. The second-order valence-electron chi connectivity index (χ2n) is 7.63. The fourth-order valence-corrected chi connectivity index (χ4v) is 4.27. The molecule has 160 valence electrons. The highest BCUT2D eigenvalue weighted by atomic mass is 32.1. The molecule has 2 N–H and O–H groups in total. The van der Waals surface area contributed by atoms with Crippen LogP contribution >= 0.6 is 11.3 Å². The SMILES string of the molecule is CC(F)(F)c1ccc(C[C@H](N)CCc2ncc(-c3ccc4cnc(F)cc4c3)s2)cn1. The molecule has 0 bridgehead atoms. The van der Waals surface area contributed by atoms with Gasteiger partial charge in [0, 0.05) is 49.4 Å². The summed E-state index contributed by atoms with van der Waals surface area (Å²) in [7, 11) is 0. The molecule has 4 aromatic rings. The van der Waals surface area contributed by atoms with Crippen molar-refractivity contribution < 1.29 is 13.2 Å². The summed E-state index contributed by atoms with van der Waals surface area (Å²) in [5.74, 6) is -3.45. The second-order valence-corrected chi connectivity index (χ2v) is 8.75. The van der Waals surface area contributed by atoms with Crippen LogP contribution in [-0.4, -0.2) is 21.0 Å². The van der Waals surface area contributed by atoms with Gasteiger partial charge in [0.2, 0.25) is 5.95 Å². The molecule has 0 amide bonds. The summed E-state index contributed by atoms with van der Waals surface area (Å²) in [5.41, 5.74) is 7.80. The lowest BCUT2D eigenvalue weighted by Crippen LogP contribution is -2.23. The van der Waals surface area contributed by atoms with Crippen LogP contribution in [0.2, 0.25) is 0 Å². The van der Waals surface area contributed by atoms with Gasteiger partial charge in [-0.05, 0) is 41.5 Å². The lowest BCUT2D eigenvalue weighted by atomic mass is 10.0. The summed E-state index contributed by atoms with van der Waals surface area (Å²) in [5, 5.41) is 2.64. The van der Waals surface area contributed by atoms with Crippen LogP contribution < -0.4 is 5.73 Å². The molecule has 0 aliphatic rings. The molecule has 0 aliphatic carbocycles. The van der Waals surface area contributed by atoms with Gasteiger partial charge < -0.3 is 5.73 Å². The summed E-state index contributed by atoms with van der Waals surface area (Å²) < 4.78 is 39.9. The van der Waals surface area contributed by atoms with Crippen molar-refractivity contribution >= 4 is 22.1 Å². The van der Waals surface area contributed by atoms with Crippen LogP contribution in [0.3, 0.4) is 0 Å². The van der Waals surface area contributed by atoms with Crippen LogP contribution in [0, 0.1) is 5.95 Å². The number of nitrogens with two attached hydrogens (primary N) is 1. The van der Waals surface area contributed by atoms with Crippen molar-refractivity contribution in [3.8, 4) is 10.4 Å². The molecule has 0 saturated heterocycles. The number of aryl methyl sites for hydroxylation is 1. The number of rotatable bonds is 7. The maximum atomic E-state index is 13.4. The van der Waals surface area contributed by atoms with Gasteiger partial charge in [-0.15, -0.1) is 11.3 Å². The largest absolute Gasteiger partial charge is 0.327 e. The molecule has 0 saturated carbocycles. The zero-order valence-corrected chi connectivity index (χ0v) is 17.7. The predicted octanol–water partition coefficient (Wildman–Crippen LogP) is 5.51. The zero-order chi connectivity index (χ0) is 22.0. The number of fused-ring (bicyclic) bond motifs is 1. The van der Waals surface area contributed by atoms with Gasteiger partial charge in [0.15, 0.2) is 0 Å². The van der Waals surface area contributed by atoms with Gasteiger partial charge in [0.25, 0.3) is 5.92 Å². The van der Waals surface area contributed by atoms with Crippen molar-refractivity contribution in [2.75, 3.05) is 0 Å². The topological polar surface area (TPSA) is 64.7 Å². The van der Waals surface area contributed by atoms with Crippen molar-refractivity contribution in [2.45, 2.75) is 38.2 Å². The van der Waals surface area contributed by atoms with Crippen LogP contribution in [0.5, 0.6) is 0 Å². The number of halogens is 3. The molecule has 0 aliphatic heterocycles. The Kier molecular flexibility index (Phi) is 6.02. The Morgan fingerprint density at radius 2 is 1.84 bits per heavy atom. The number of alkyl halides is 2. The second kappa shape index (κ2) is 8.72. The maximum Gasteiger partial charge on any atom is 0.286 e. The van der Waals surface area contributed by atoms with Crippen molar-refractivity contribution in [1.29, 1.82) is 0 Å². The van der Waals surface area contributed by atoms with Gasteiger partial charge in [-0.25, -0.2) is 9.97 Å². The molecule has 3 aromatic heterocycles. The van der Waals surface area contributed by atoms with E-state index in [0.717, 1.165) is 45.1 Å². The Labute approximate surface area is 182 Å². The molecule has 0 spiro atoms. The number of pyridine rings is 2. The van der Waals surface area contributed by atoms with Crippen LogP contribution in [0.4, 0.5) is 13.2 Å². The number of hydrogen-bond acceptors (Lipinski definition) is 5. The van der Waals surface area contributed by atoms with Crippen molar-refractivity contribution in [2.24, 2.45) is 5.73 Å². The number of thiazole rings is 1. The highest BCUT2D eigenvalue weighted by Crippen LogP contribution is 2.30. The summed E-state index contributed by atoms with van der Waals surface area (Å²) in [4.78, 5) is 13.0. The normalized spacial score (nSPS) is 12.9. The van der Waals surface area contributed by atoms with E-state index in [4.69, 9.17) is 5.73 Å². The molecule has 1 atom stereocenters. The van der Waals surface area contributed by atoms with Gasteiger partial charge in [0.1, 0.15) is 5.69 Å². The first kappa shape index (κ1) is 21.4. The molecular weight excluding hydrogens is 421 g/mol. The Morgan fingerprint density at radius 1 is 1.00 bits per heavy atom. The quantitative estimate of drug-likeness (QED) is 0.384. The Morgan fingerprint density at radius 3 is 2.58 bits per heavy atom. The maximum absolute atomic E-state index is 13.4.